The molecule has 9 heteroatoms. The molecule has 0 fully saturated rings. The quantitative estimate of drug-likeness (QED) is 0.889. The second kappa shape index (κ2) is 6.30. The minimum Gasteiger partial charge on any atom is -0.494 e. The molecule has 0 bridgehead atoms. The van der Waals surface area contributed by atoms with Crippen LogP contribution < -0.4 is 15.4 Å². The summed E-state index contributed by atoms with van der Waals surface area (Å²) in [6.45, 7) is 0. The lowest BCUT2D eigenvalue weighted by Crippen LogP contribution is -2.03. The van der Waals surface area contributed by atoms with Gasteiger partial charge in [-0.05, 0) is 23.7 Å². The van der Waals surface area contributed by atoms with E-state index in [4.69, 9.17) is 39.5 Å². The molecule has 0 unspecified atom stereocenters. The zero-order valence-corrected chi connectivity index (χ0v) is 12.8. The predicted octanol–water partition coefficient (Wildman–Crippen LogP) is 3.63. The summed E-state index contributed by atoms with van der Waals surface area (Å²) in [4.78, 5) is 11.9. The van der Waals surface area contributed by atoms with Crippen LogP contribution in [0.1, 0.15) is 0 Å². The molecule has 0 saturated heterocycles. The Morgan fingerprint density at radius 1 is 1.00 bits per heavy atom. The van der Waals surface area contributed by atoms with Gasteiger partial charge in [-0.3, -0.25) is 0 Å². The van der Waals surface area contributed by atoms with E-state index in [2.05, 4.69) is 25.6 Å². The summed E-state index contributed by atoms with van der Waals surface area (Å²) in [7, 11) is 3.17. The monoisotopic (exact) mass is 333 g/mol. The van der Waals surface area contributed by atoms with Gasteiger partial charge < -0.3 is 15.4 Å². The van der Waals surface area contributed by atoms with Crippen molar-refractivity contribution in [2.75, 3.05) is 24.8 Å². The lowest BCUT2D eigenvalue weighted by Gasteiger charge is -2.10. The highest BCUT2D eigenvalue weighted by Gasteiger charge is 2.10. The van der Waals surface area contributed by atoms with Gasteiger partial charge in [-0.25, -0.2) is 0 Å². The first-order valence-corrected chi connectivity index (χ1v) is 6.56. The highest BCUT2D eigenvalue weighted by Crippen LogP contribution is 2.36. The van der Waals surface area contributed by atoms with Crippen LogP contribution in [0.4, 0.5) is 17.6 Å². The molecule has 106 valence electrons. The summed E-state index contributed by atoms with van der Waals surface area (Å²) in [6.07, 6.45) is 0. The fourth-order valence-electron chi connectivity index (χ4n) is 1.47. The van der Waals surface area contributed by atoms with Crippen molar-refractivity contribution in [3.63, 3.8) is 0 Å². The Kier molecular flexibility index (Phi) is 4.69. The number of nitrogens with one attached hydrogen (secondary N) is 2. The van der Waals surface area contributed by atoms with Gasteiger partial charge in [0.1, 0.15) is 0 Å². The second-order valence-electron chi connectivity index (χ2n) is 3.60. The maximum Gasteiger partial charge on any atom is 0.233 e. The molecule has 1 heterocycles. The number of rotatable bonds is 4. The van der Waals surface area contributed by atoms with Crippen molar-refractivity contribution in [2.45, 2.75) is 0 Å². The molecule has 0 aliphatic heterocycles. The van der Waals surface area contributed by atoms with Crippen LogP contribution in [-0.2, 0) is 0 Å². The smallest absolute Gasteiger partial charge is 0.233 e. The van der Waals surface area contributed by atoms with E-state index in [-0.39, 0.29) is 11.2 Å². The molecular formula is C11H10Cl3N5O. The lowest BCUT2D eigenvalue weighted by molar-refractivity contribution is 0.415. The molecule has 2 aromatic rings. The molecule has 0 aliphatic rings. The van der Waals surface area contributed by atoms with Gasteiger partial charge in [-0.15, -0.1) is 0 Å². The second-order valence-corrected chi connectivity index (χ2v) is 4.75. The third-order valence-corrected chi connectivity index (χ3v) is 3.02. The van der Waals surface area contributed by atoms with Crippen LogP contribution in [0.3, 0.4) is 0 Å². The molecule has 0 spiro atoms. The van der Waals surface area contributed by atoms with Gasteiger partial charge in [-0.1, -0.05) is 23.2 Å². The molecular weight excluding hydrogens is 325 g/mol. The van der Waals surface area contributed by atoms with Crippen molar-refractivity contribution >= 4 is 52.4 Å². The fourth-order valence-corrected chi connectivity index (χ4v) is 2.28. The Labute approximate surface area is 130 Å². The van der Waals surface area contributed by atoms with Gasteiger partial charge in [0.15, 0.2) is 5.75 Å². The molecule has 0 saturated carbocycles. The number of hydrogen-bond acceptors (Lipinski definition) is 6. The van der Waals surface area contributed by atoms with E-state index in [0.29, 0.717) is 27.4 Å². The van der Waals surface area contributed by atoms with Crippen LogP contribution in [0.5, 0.6) is 5.75 Å². The van der Waals surface area contributed by atoms with Crippen LogP contribution in [0.2, 0.25) is 15.3 Å². The third-order valence-electron chi connectivity index (χ3n) is 2.29. The number of benzene rings is 1. The summed E-state index contributed by atoms with van der Waals surface area (Å²) in [6, 6.07) is 3.28. The van der Waals surface area contributed by atoms with Crippen molar-refractivity contribution in [3.8, 4) is 5.75 Å². The highest BCUT2D eigenvalue weighted by atomic mass is 35.5. The molecule has 1 aromatic heterocycles. The van der Waals surface area contributed by atoms with Crippen LogP contribution in [-0.4, -0.2) is 29.1 Å². The minimum absolute atomic E-state index is 0.0672. The fraction of sp³-hybridized carbons (Fsp3) is 0.182. The van der Waals surface area contributed by atoms with Crippen molar-refractivity contribution in [1.29, 1.82) is 0 Å². The maximum absolute atomic E-state index is 6.05. The number of aromatic nitrogens is 3. The zero-order chi connectivity index (χ0) is 14.7. The largest absolute Gasteiger partial charge is 0.494 e. The van der Waals surface area contributed by atoms with Gasteiger partial charge in [-0.2, -0.15) is 15.0 Å². The summed E-state index contributed by atoms with van der Waals surface area (Å²) in [5, 5.41) is 6.53. The van der Waals surface area contributed by atoms with Crippen molar-refractivity contribution in [2.24, 2.45) is 0 Å². The normalized spacial score (nSPS) is 10.2. The topological polar surface area (TPSA) is 72.0 Å². The van der Waals surface area contributed by atoms with Gasteiger partial charge in [0.25, 0.3) is 0 Å². The third kappa shape index (κ3) is 3.33. The predicted molar refractivity (Wildman–Crippen MR) is 80.7 cm³/mol. The first-order chi connectivity index (χ1) is 9.53. The number of hydrogen-bond donors (Lipinski definition) is 2. The van der Waals surface area contributed by atoms with Crippen LogP contribution >= 0.6 is 34.8 Å². The first kappa shape index (κ1) is 14.9. The van der Waals surface area contributed by atoms with E-state index in [9.17, 15) is 0 Å². The molecule has 1 aromatic carbocycles. The Bertz CT molecular complexity index is 614. The van der Waals surface area contributed by atoms with E-state index in [1.807, 2.05) is 0 Å². The molecule has 0 amide bonds. The Morgan fingerprint density at radius 2 is 1.60 bits per heavy atom. The number of anilines is 3. The molecule has 0 atom stereocenters. The van der Waals surface area contributed by atoms with E-state index in [1.54, 1.807) is 19.2 Å². The molecule has 0 aliphatic carbocycles. The minimum atomic E-state index is 0.0672. The molecule has 6 nitrogen and oxygen atoms in total. The van der Waals surface area contributed by atoms with Crippen molar-refractivity contribution in [1.82, 2.24) is 15.0 Å². The molecule has 20 heavy (non-hydrogen) atoms. The number of halogens is 3. The van der Waals surface area contributed by atoms with Crippen molar-refractivity contribution < 1.29 is 4.74 Å². The molecule has 2 rings (SSSR count). The van der Waals surface area contributed by atoms with E-state index < -0.39 is 0 Å². The Balaban J connectivity index is 2.33. The summed E-state index contributed by atoms with van der Waals surface area (Å²) >= 11 is 17.9. The standard InChI is InChI=1S/C11H10Cl3N5O/c1-15-10-17-9(14)18-11(19-10)16-5-3-6(12)8(20-2)7(13)4-5/h3-4H,1-2H3,(H2,15,16,17,18,19). The van der Waals surface area contributed by atoms with E-state index >= 15 is 0 Å². The number of ether oxygens (including phenoxy) is 1. The summed E-state index contributed by atoms with van der Waals surface area (Å²) in [5.74, 6) is 1.02. The highest BCUT2D eigenvalue weighted by molar-refractivity contribution is 6.37. The van der Waals surface area contributed by atoms with E-state index in [1.165, 1.54) is 7.11 Å². The molecule has 2 N–H and O–H groups in total. The van der Waals surface area contributed by atoms with Crippen LogP contribution in [0.15, 0.2) is 12.1 Å². The van der Waals surface area contributed by atoms with E-state index in [0.717, 1.165) is 0 Å². The maximum atomic E-state index is 6.05. The average molecular weight is 335 g/mol. The van der Waals surface area contributed by atoms with Gasteiger partial charge in [0.2, 0.25) is 17.2 Å². The van der Waals surface area contributed by atoms with Gasteiger partial charge >= 0.3 is 0 Å². The first-order valence-electron chi connectivity index (χ1n) is 5.43. The van der Waals surface area contributed by atoms with Gasteiger partial charge in [0.05, 0.1) is 17.2 Å². The summed E-state index contributed by atoms with van der Waals surface area (Å²) in [5.41, 5.74) is 0.602. The van der Waals surface area contributed by atoms with Crippen LogP contribution in [0.25, 0.3) is 0 Å². The lowest BCUT2D eigenvalue weighted by atomic mass is 10.3. The average Bonchev–Trinajstić information content (AvgIpc) is 2.37. The number of methoxy groups -OCH3 is 1. The van der Waals surface area contributed by atoms with Crippen LogP contribution in [0, 0.1) is 0 Å². The Hall–Kier alpha value is -1.50. The SMILES string of the molecule is CNc1nc(Cl)nc(Nc2cc(Cl)c(OC)c(Cl)c2)n1. The Morgan fingerprint density at radius 3 is 2.15 bits per heavy atom. The van der Waals surface area contributed by atoms with Gasteiger partial charge in [0, 0.05) is 12.7 Å². The zero-order valence-electron chi connectivity index (χ0n) is 10.5. The summed E-state index contributed by atoms with van der Waals surface area (Å²) < 4.78 is 5.07. The van der Waals surface area contributed by atoms with Crippen molar-refractivity contribution in [3.05, 3.63) is 27.5 Å². The number of nitrogens with zero attached hydrogens (tertiary/aromatic N) is 3. The molecule has 0 radical (unpaired) electrons.